The largest absolute Gasteiger partial charge is 0.340 e. The molecule has 0 aromatic carbocycles. The van der Waals surface area contributed by atoms with Gasteiger partial charge >= 0.3 is 0 Å². The fourth-order valence-corrected chi connectivity index (χ4v) is 3.77. The van der Waals surface area contributed by atoms with Crippen LogP contribution in [0.25, 0.3) is 5.65 Å². The molecule has 0 aliphatic carbocycles. The summed E-state index contributed by atoms with van der Waals surface area (Å²) < 4.78 is 2.04. The maximum Gasteiger partial charge on any atom is 0.228 e. The second kappa shape index (κ2) is 6.93. The lowest BCUT2D eigenvalue weighted by molar-refractivity contribution is -0.134. The topological polar surface area (TPSA) is 40.9 Å². The number of pyridine rings is 1. The lowest BCUT2D eigenvalue weighted by Crippen LogP contribution is -2.56. The van der Waals surface area contributed by atoms with Crippen molar-refractivity contribution in [2.75, 3.05) is 19.6 Å². The molecule has 3 rings (SSSR count). The molecule has 0 saturated carbocycles. The van der Waals surface area contributed by atoms with Crippen molar-refractivity contribution in [1.82, 2.24) is 19.2 Å². The molecule has 0 bridgehead atoms. The van der Waals surface area contributed by atoms with Crippen molar-refractivity contribution in [1.29, 1.82) is 0 Å². The van der Waals surface area contributed by atoms with E-state index in [1.807, 2.05) is 40.6 Å². The summed E-state index contributed by atoms with van der Waals surface area (Å²) in [6, 6.07) is 6.94. The predicted molar refractivity (Wildman–Crippen MR) is 96.1 cm³/mol. The Labute approximate surface area is 144 Å². The molecule has 1 fully saturated rings. The van der Waals surface area contributed by atoms with E-state index in [0.717, 1.165) is 43.1 Å². The Morgan fingerprint density at radius 2 is 2.12 bits per heavy atom. The quantitative estimate of drug-likeness (QED) is 0.866. The summed E-state index contributed by atoms with van der Waals surface area (Å²) in [5, 5.41) is 0. The number of rotatable bonds is 4. The Bertz CT molecular complexity index is 721. The van der Waals surface area contributed by atoms with Crippen LogP contribution in [0.5, 0.6) is 0 Å². The first-order chi connectivity index (χ1) is 11.5. The molecular formula is C19H28N4O. The number of hydrogen-bond acceptors (Lipinski definition) is 3. The highest BCUT2D eigenvalue weighted by Gasteiger charge is 2.30. The van der Waals surface area contributed by atoms with Crippen LogP contribution in [0, 0.1) is 6.92 Å². The van der Waals surface area contributed by atoms with E-state index in [2.05, 4.69) is 30.7 Å². The summed E-state index contributed by atoms with van der Waals surface area (Å²) in [6.07, 6.45) is 3.50. The number of carbonyl (C=O) groups is 1. The second-order valence-corrected chi connectivity index (χ2v) is 6.98. The summed E-state index contributed by atoms with van der Waals surface area (Å²) in [6.45, 7) is 11.3. The lowest BCUT2D eigenvalue weighted by atomic mass is 10.1. The second-order valence-electron chi connectivity index (χ2n) is 6.98. The van der Waals surface area contributed by atoms with Crippen LogP contribution in [0.4, 0.5) is 0 Å². The van der Waals surface area contributed by atoms with Crippen molar-refractivity contribution in [3.63, 3.8) is 0 Å². The van der Waals surface area contributed by atoms with Crippen molar-refractivity contribution in [2.24, 2.45) is 0 Å². The molecule has 24 heavy (non-hydrogen) atoms. The number of fused-ring (bicyclic) bond motifs is 1. The molecule has 2 aromatic rings. The molecule has 1 amide bonds. The van der Waals surface area contributed by atoms with Crippen LogP contribution in [-0.4, -0.2) is 56.8 Å². The van der Waals surface area contributed by atoms with E-state index < -0.39 is 0 Å². The molecule has 3 heterocycles. The Kier molecular flexibility index (Phi) is 4.90. The van der Waals surface area contributed by atoms with Gasteiger partial charge in [0.2, 0.25) is 5.91 Å². The summed E-state index contributed by atoms with van der Waals surface area (Å²) in [7, 11) is 0. The van der Waals surface area contributed by atoms with Crippen molar-refractivity contribution in [3.8, 4) is 0 Å². The minimum atomic E-state index is 0.214. The molecule has 130 valence electrons. The van der Waals surface area contributed by atoms with Gasteiger partial charge in [0.05, 0.1) is 17.8 Å². The molecule has 1 atom stereocenters. The minimum Gasteiger partial charge on any atom is -0.340 e. The highest BCUT2D eigenvalue weighted by Crippen LogP contribution is 2.18. The van der Waals surface area contributed by atoms with Gasteiger partial charge in [-0.3, -0.25) is 9.69 Å². The standard InChI is InChI=1S/C19H28N4O/c1-5-16-13-21(10-11-22(16)14(2)3)19(24)12-17-15(4)20-18-8-6-7-9-23(17)18/h6-9,14,16H,5,10-13H2,1-4H3/t16-/m0/s1. The van der Waals surface area contributed by atoms with E-state index in [1.165, 1.54) is 0 Å². The third-order valence-corrected chi connectivity index (χ3v) is 5.16. The van der Waals surface area contributed by atoms with E-state index >= 15 is 0 Å². The maximum absolute atomic E-state index is 12.9. The molecule has 0 spiro atoms. The molecule has 0 radical (unpaired) electrons. The third kappa shape index (κ3) is 3.18. The van der Waals surface area contributed by atoms with Crippen LogP contribution in [-0.2, 0) is 11.2 Å². The van der Waals surface area contributed by atoms with Gasteiger partial charge in [-0.15, -0.1) is 0 Å². The van der Waals surface area contributed by atoms with Gasteiger partial charge in [0.25, 0.3) is 0 Å². The Morgan fingerprint density at radius 3 is 2.83 bits per heavy atom. The molecule has 5 heteroatoms. The number of aryl methyl sites for hydroxylation is 1. The van der Waals surface area contributed by atoms with E-state index in [9.17, 15) is 4.79 Å². The molecule has 1 saturated heterocycles. The van der Waals surface area contributed by atoms with E-state index in [0.29, 0.717) is 18.5 Å². The molecule has 0 unspecified atom stereocenters. The van der Waals surface area contributed by atoms with Crippen LogP contribution >= 0.6 is 0 Å². The first kappa shape index (κ1) is 17.0. The number of aromatic nitrogens is 2. The van der Waals surface area contributed by atoms with Crippen molar-refractivity contribution >= 4 is 11.6 Å². The monoisotopic (exact) mass is 328 g/mol. The first-order valence-corrected chi connectivity index (χ1v) is 8.97. The van der Waals surface area contributed by atoms with Gasteiger partial charge in [-0.25, -0.2) is 4.98 Å². The van der Waals surface area contributed by atoms with Crippen LogP contribution in [0.15, 0.2) is 24.4 Å². The predicted octanol–water partition coefficient (Wildman–Crippen LogP) is 2.52. The highest BCUT2D eigenvalue weighted by molar-refractivity contribution is 5.79. The smallest absolute Gasteiger partial charge is 0.228 e. The molecule has 0 N–H and O–H groups in total. The van der Waals surface area contributed by atoms with E-state index in [1.54, 1.807) is 0 Å². The number of imidazole rings is 1. The SMILES string of the molecule is CC[C@H]1CN(C(=O)Cc2c(C)nc3ccccn23)CCN1C(C)C. The summed E-state index contributed by atoms with van der Waals surface area (Å²) >= 11 is 0. The zero-order chi connectivity index (χ0) is 17.3. The molecule has 1 aliphatic rings. The van der Waals surface area contributed by atoms with Gasteiger partial charge in [0, 0.05) is 37.9 Å². The average Bonchev–Trinajstić information content (AvgIpc) is 2.89. The van der Waals surface area contributed by atoms with Gasteiger partial charge in [0.1, 0.15) is 5.65 Å². The van der Waals surface area contributed by atoms with Gasteiger partial charge in [-0.2, -0.15) is 0 Å². The number of amides is 1. The van der Waals surface area contributed by atoms with Crippen LogP contribution < -0.4 is 0 Å². The van der Waals surface area contributed by atoms with Crippen molar-refractivity contribution in [3.05, 3.63) is 35.8 Å². The summed E-state index contributed by atoms with van der Waals surface area (Å²) in [5.74, 6) is 0.214. The van der Waals surface area contributed by atoms with Crippen molar-refractivity contribution in [2.45, 2.75) is 52.6 Å². The number of piperazine rings is 1. The normalized spacial score (nSPS) is 19.4. The lowest BCUT2D eigenvalue weighted by Gasteiger charge is -2.43. The number of carbonyl (C=O) groups excluding carboxylic acids is 1. The average molecular weight is 328 g/mol. The molecule has 5 nitrogen and oxygen atoms in total. The zero-order valence-corrected chi connectivity index (χ0v) is 15.2. The first-order valence-electron chi connectivity index (χ1n) is 8.97. The summed E-state index contributed by atoms with van der Waals surface area (Å²) in [5.41, 5.74) is 2.87. The van der Waals surface area contributed by atoms with Crippen LogP contribution in [0.1, 0.15) is 38.6 Å². The van der Waals surface area contributed by atoms with Gasteiger partial charge < -0.3 is 9.30 Å². The highest BCUT2D eigenvalue weighted by atomic mass is 16.2. The summed E-state index contributed by atoms with van der Waals surface area (Å²) in [4.78, 5) is 22.0. The number of hydrogen-bond donors (Lipinski definition) is 0. The Hall–Kier alpha value is -1.88. The Morgan fingerprint density at radius 1 is 1.33 bits per heavy atom. The minimum absolute atomic E-state index is 0.214. The third-order valence-electron chi connectivity index (χ3n) is 5.16. The maximum atomic E-state index is 12.9. The van der Waals surface area contributed by atoms with Gasteiger partial charge in [-0.1, -0.05) is 13.0 Å². The van der Waals surface area contributed by atoms with Crippen molar-refractivity contribution < 1.29 is 4.79 Å². The van der Waals surface area contributed by atoms with Gasteiger partial charge in [-0.05, 0) is 39.3 Å². The fraction of sp³-hybridized carbons (Fsp3) is 0.579. The van der Waals surface area contributed by atoms with Crippen LogP contribution in [0.3, 0.4) is 0 Å². The van der Waals surface area contributed by atoms with E-state index in [4.69, 9.17) is 0 Å². The molecule has 2 aromatic heterocycles. The zero-order valence-electron chi connectivity index (χ0n) is 15.2. The molecular weight excluding hydrogens is 300 g/mol. The number of nitrogens with zero attached hydrogens (tertiary/aromatic N) is 4. The molecule has 1 aliphatic heterocycles. The fourth-order valence-electron chi connectivity index (χ4n) is 3.77. The Balaban J connectivity index is 1.74. The van der Waals surface area contributed by atoms with Gasteiger partial charge in [0.15, 0.2) is 0 Å². The van der Waals surface area contributed by atoms with Crippen LogP contribution in [0.2, 0.25) is 0 Å². The van der Waals surface area contributed by atoms with E-state index in [-0.39, 0.29) is 5.91 Å².